The monoisotopic (exact) mass is 194 g/mol. The van der Waals surface area contributed by atoms with Gasteiger partial charge in [0.05, 0.1) is 6.61 Å². The van der Waals surface area contributed by atoms with Gasteiger partial charge in [0.1, 0.15) is 5.75 Å². The standard InChI is InChI=1S/C12H18O2/c1-4-5-11-7-10(8-14-3)6-9(2)12(11)13/h6-7,13H,4-5,8H2,1-3H3. The molecule has 0 unspecified atom stereocenters. The van der Waals surface area contributed by atoms with Gasteiger partial charge in [-0.15, -0.1) is 0 Å². The summed E-state index contributed by atoms with van der Waals surface area (Å²) >= 11 is 0. The molecule has 1 aromatic rings. The molecule has 0 saturated carbocycles. The second-order valence-corrected chi connectivity index (χ2v) is 3.60. The van der Waals surface area contributed by atoms with Crippen molar-refractivity contribution in [2.75, 3.05) is 7.11 Å². The normalized spacial score (nSPS) is 10.5. The molecule has 2 heteroatoms. The molecular formula is C12H18O2. The van der Waals surface area contributed by atoms with Gasteiger partial charge < -0.3 is 9.84 Å². The largest absolute Gasteiger partial charge is 0.507 e. The number of ether oxygens (including phenoxy) is 1. The van der Waals surface area contributed by atoms with E-state index in [0.717, 1.165) is 29.5 Å². The van der Waals surface area contributed by atoms with Gasteiger partial charge >= 0.3 is 0 Å². The molecule has 0 amide bonds. The number of phenols is 1. The molecular weight excluding hydrogens is 176 g/mol. The van der Waals surface area contributed by atoms with Gasteiger partial charge in [-0.05, 0) is 36.1 Å². The molecule has 1 aromatic carbocycles. The summed E-state index contributed by atoms with van der Waals surface area (Å²) in [7, 11) is 1.68. The molecule has 1 rings (SSSR count). The number of aryl methyl sites for hydroxylation is 2. The second kappa shape index (κ2) is 5.01. The highest BCUT2D eigenvalue weighted by Crippen LogP contribution is 2.25. The van der Waals surface area contributed by atoms with E-state index in [2.05, 4.69) is 6.92 Å². The zero-order chi connectivity index (χ0) is 10.6. The molecule has 14 heavy (non-hydrogen) atoms. The van der Waals surface area contributed by atoms with Gasteiger partial charge in [-0.3, -0.25) is 0 Å². The van der Waals surface area contributed by atoms with Gasteiger partial charge in [0.15, 0.2) is 0 Å². The van der Waals surface area contributed by atoms with Crippen LogP contribution in [0.1, 0.15) is 30.0 Å². The Balaban J connectivity index is 3.01. The Bertz CT molecular complexity index is 305. The predicted molar refractivity (Wildman–Crippen MR) is 57.6 cm³/mol. The number of rotatable bonds is 4. The van der Waals surface area contributed by atoms with Crippen LogP contribution in [0.4, 0.5) is 0 Å². The van der Waals surface area contributed by atoms with Gasteiger partial charge in [0, 0.05) is 7.11 Å². The summed E-state index contributed by atoms with van der Waals surface area (Å²) < 4.78 is 5.07. The van der Waals surface area contributed by atoms with Crippen molar-refractivity contribution < 1.29 is 9.84 Å². The molecule has 0 aliphatic carbocycles. The van der Waals surface area contributed by atoms with Crippen LogP contribution in [0.15, 0.2) is 12.1 Å². The molecule has 0 aliphatic rings. The fourth-order valence-electron chi connectivity index (χ4n) is 1.64. The van der Waals surface area contributed by atoms with Crippen LogP contribution in [-0.2, 0) is 17.8 Å². The van der Waals surface area contributed by atoms with Crippen molar-refractivity contribution in [3.05, 3.63) is 28.8 Å². The Morgan fingerprint density at radius 3 is 2.64 bits per heavy atom. The summed E-state index contributed by atoms with van der Waals surface area (Å²) in [6.45, 7) is 4.64. The summed E-state index contributed by atoms with van der Waals surface area (Å²) in [4.78, 5) is 0. The Hall–Kier alpha value is -1.02. The molecule has 0 saturated heterocycles. The molecule has 0 bridgehead atoms. The van der Waals surface area contributed by atoms with Crippen LogP contribution in [0.2, 0.25) is 0 Å². The van der Waals surface area contributed by atoms with Crippen molar-refractivity contribution in [3.8, 4) is 5.75 Å². The van der Waals surface area contributed by atoms with Gasteiger partial charge in [0.2, 0.25) is 0 Å². The van der Waals surface area contributed by atoms with Crippen molar-refractivity contribution in [1.82, 2.24) is 0 Å². The molecule has 0 aliphatic heterocycles. The van der Waals surface area contributed by atoms with E-state index in [-0.39, 0.29) is 0 Å². The fourth-order valence-corrected chi connectivity index (χ4v) is 1.64. The smallest absolute Gasteiger partial charge is 0.121 e. The zero-order valence-corrected chi connectivity index (χ0v) is 9.13. The van der Waals surface area contributed by atoms with Crippen LogP contribution in [0, 0.1) is 6.92 Å². The average molecular weight is 194 g/mol. The first-order valence-corrected chi connectivity index (χ1v) is 4.99. The lowest BCUT2D eigenvalue weighted by Crippen LogP contribution is -1.94. The Kier molecular flexibility index (Phi) is 3.96. The van der Waals surface area contributed by atoms with E-state index in [0.29, 0.717) is 12.4 Å². The number of aromatic hydroxyl groups is 1. The summed E-state index contributed by atoms with van der Waals surface area (Å²) in [5.41, 5.74) is 3.09. The maximum absolute atomic E-state index is 9.78. The number of methoxy groups -OCH3 is 1. The lowest BCUT2D eigenvalue weighted by molar-refractivity contribution is 0.184. The Morgan fingerprint density at radius 2 is 2.07 bits per heavy atom. The molecule has 0 heterocycles. The van der Waals surface area contributed by atoms with Gasteiger partial charge in [-0.25, -0.2) is 0 Å². The van der Waals surface area contributed by atoms with Crippen molar-refractivity contribution in [2.24, 2.45) is 0 Å². The van der Waals surface area contributed by atoms with E-state index in [1.807, 2.05) is 19.1 Å². The van der Waals surface area contributed by atoms with Crippen molar-refractivity contribution in [3.63, 3.8) is 0 Å². The molecule has 0 spiro atoms. The predicted octanol–water partition coefficient (Wildman–Crippen LogP) is 2.80. The van der Waals surface area contributed by atoms with Gasteiger partial charge in [-0.2, -0.15) is 0 Å². The van der Waals surface area contributed by atoms with Crippen LogP contribution in [0.5, 0.6) is 5.75 Å². The first kappa shape index (κ1) is 11.1. The fraction of sp³-hybridized carbons (Fsp3) is 0.500. The van der Waals surface area contributed by atoms with E-state index in [4.69, 9.17) is 4.74 Å². The van der Waals surface area contributed by atoms with Gasteiger partial charge in [0.25, 0.3) is 0 Å². The van der Waals surface area contributed by atoms with E-state index in [9.17, 15) is 5.11 Å². The Labute approximate surface area is 85.5 Å². The van der Waals surface area contributed by atoms with E-state index < -0.39 is 0 Å². The highest BCUT2D eigenvalue weighted by molar-refractivity contribution is 5.42. The zero-order valence-electron chi connectivity index (χ0n) is 9.13. The third kappa shape index (κ3) is 2.48. The highest BCUT2D eigenvalue weighted by Gasteiger charge is 2.05. The minimum absolute atomic E-state index is 0.437. The maximum Gasteiger partial charge on any atom is 0.121 e. The summed E-state index contributed by atoms with van der Waals surface area (Å²) in [5, 5.41) is 9.78. The first-order valence-electron chi connectivity index (χ1n) is 4.99. The molecule has 2 nitrogen and oxygen atoms in total. The van der Waals surface area contributed by atoms with Crippen LogP contribution in [0.3, 0.4) is 0 Å². The average Bonchev–Trinajstić information content (AvgIpc) is 2.14. The quantitative estimate of drug-likeness (QED) is 0.798. The number of hydrogen-bond acceptors (Lipinski definition) is 2. The van der Waals surface area contributed by atoms with E-state index >= 15 is 0 Å². The third-order valence-corrected chi connectivity index (χ3v) is 2.27. The Morgan fingerprint density at radius 1 is 1.36 bits per heavy atom. The van der Waals surface area contributed by atoms with Crippen molar-refractivity contribution in [2.45, 2.75) is 33.3 Å². The lowest BCUT2D eigenvalue weighted by Gasteiger charge is -2.09. The minimum Gasteiger partial charge on any atom is -0.507 e. The topological polar surface area (TPSA) is 29.5 Å². The van der Waals surface area contributed by atoms with Crippen molar-refractivity contribution in [1.29, 1.82) is 0 Å². The van der Waals surface area contributed by atoms with Crippen LogP contribution in [-0.4, -0.2) is 12.2 Å². The lowest BCUT2D eigenvalue weighted by atomic mass is 10.0. The summed E-state index contributed by atoms with van der Waals surface area (Å²) in [5.74, 6) is 0.437. The third-order valence-electron chi connectivity index (χ3n) is 2.27. The molecule has 0 fully saturated rings. The molecule has 0 aromatic heterocycles. The van der Waals surface area contributed by atoms with Crippen molar-refractivity contribution >= 4 is 0 Å². The molecule has 0 atom stereocenters. The number of phenolic OH excluding ortho intramolecular Hbond substituents is 1. The summed E-state index contributed by atoms with van der Waals surface area (Å²) in [6.07, 6.45) is 1.97. The number of benzene rings is 1. The highest BCUT2D eigenvalue weighted by atomic mass is 16.5. The molecule has 1 N–H and O–H groups in total. The maximum atomic E-state index is 9.78. The van der Waals surface area contributed by atoms with E-state index in [1.165, 1.54) is 0 Å². The van der Waals surface area contributed by atoms with Crippen LogP contribution < -0.4 is 0 Å². The summed E-state index contributed by atoms with van der Waals surface area (Å²) in [6, 6.07) is 3.99. The van der Waals surface area contributed by atoms with Crippen LogP contribution >= 0.6 is 0 Å². The molecule has 0 radical (unpaired) electrons. The number of hydrogen-bond donors (Lipinski definition) is 1. The van der Waals surface area contributed by atoms with E-state index in [1.54, 1.807) is 7.11 Å². The second-order valence-electron chi connectivity index (χ2n) is 3.60. The first-order chi connectivity index (χ1) is 6.69. The van der Waals surface area contributed by atoms with Gasteiger partial charge in [-0.1, -0.05) is 19.4 Å². The minimum atomic E-state index is 0.437. The van der Waals surface area contributed by atoms with Crippen LogP contribution in [0.25, 0.3) is 0 Å². The molecule has 78 valence electrons. The SMILES string of the molecule is CCCc1cc(COC)cc(C)c1O.